The van der Waals surface area contributed by atoms with E-state index in [1.165, 1.54) is 43.6 Å². The van der Waals surface area contributed by atoms with Crippen LogP contribution in [0.3, 0.4) is 0 Å². The fraction of sp³-hybridized carbons (Fsp3) is 0.227. The maximum atomic E-state index is 13.9. The molecule has 1 aliphatic rings. The number of nitrogens with zero attached hydrogens (tertiary/aromatic N) is 5. The quantitative estimate of drug-likeness (QED) is 0.509. The van der Waals surface area contributed by atoms with Gasteiger partial charge in [0.1, 0.15) is 5.82 Å². The molecule has 0 atom stereocenters. The molecule has 4 aromatic rings. The number of likely N-dealkylation sites (tertiary alicyclic amines) is 1. The number of halogens is 1. The number of aromatic nitrogens is 4. The van der Waals surface area contributed by atoms with Crippen LogP contribution in [-0.2, 0) is 6.54 Å². The van der Waals surface area contributed by atoms with Crippen LogP contribution in [-0.4, -0.2) is 37.7 Å². The van der Waals surface area contributed by atoms with Gasteiger partial charge in [0.15, 0.2) is 0 Å². The Morgan fingerprint density at radius 3 is 2.62 bits per heavy atom. The zero-order valence-electron chi connectivity index (χ0n) is 15.8. The molecular weight excluding hydrogens is 369 g/mol. The second kappa shape index (κ2) is 7.60. The van der Waals surface area contributed by atoms with Crippen molar-refractivity contribution in [2.45, 2.75) is 19.4 Å². The number of benzene rings is 2. The van der Waals surface area contributed by atoms with Crippen LogP contribution in [0.15, 0.2) is 65.7 Å². The van der Waals surface area contributed by atoms with E-state index in [4.69, 9.17) is 4.52 Å². The highest BCUT2D eigenvalue weighted by Crippen LogP contribution is 2.28. The zero-order chi connectivity index (χ0) is 19.6. The van der Waals surface area contributed by atoms with E-state index in [0.717, 1.165) is 17.8 Å². The number of rotatable bonds is 5. The molecule has 0 spiro atoms. The third kappa shape index (κ3) is 3.69. The molecule has 7 heteroatoms. The first kappa shape index (κ1) is 17.8. The van der Waals surface area contributed by atoms with Crippen molar-refractivity contribution in [3.8, 4) is 28.5 Å². The molecule has 5 rings (SSSR count). The van der Waals surface area contributed by atoms with E-state index in [9.17, 15) is 4.39 Å². The predicted octanol–water partition coefficient (Wildman–Crippen LogP) is 4.32. The monoisotopic (exact) mass is 389 g/mol. The summed E-state index contributed by atoms with van der Waals surface area (Å²) in [6.45, 7) is 3.31. The maximum Gasteiger partial charge on any atom is 0.260 e. The van der Waals surface area contributed by atoms with Crippen molar-refractivity contribution in [1.29, 1.82) is 0 Å². The lowest BCUT2D eigenvalue weighted by Gasteiger charge is -2.14. The molecule has 6 nitrogen and oxygen atoms in total. The molecule has 0 bridgehead atoms. The van der Waals surface area contributed by atoms with E-state index in [-0.39, 0.29) is 11.7 Å². The first-order chi connectivity index (χ1) is 14.3. The molecule has 0 aliphatic carbocycles. The molecule has 2 aromatic carbocycles. The minimum atomic E-state index is -0.366. The van der Waals surface area contributed by atoms with Crippen molar-refractivity contribution in [3.05, 3.63) is 72.6 Å². The summed E-state index contributed by atoms with van der Waals surface area (Å²) in [4.78, 5) is 11.0. The Kier molecular flexibility index (Phi) is 4.65. The first-order valence-electron chi connectivity index (χ1n) is 9.70. The van der Waals surface area contributed by atoms with E-state index in [2.05, 4.69) is 32.2 Å². The zero-order valence-corrected chi connectivity index (χ0v) is 15.8. The highest BCUT2D eigenvalue weighted by Gasteiger charge is 2.17. The summed E-state index contributed by atoms with van der Waals surface area (Å²) in [5, 5.41) is 4.10. The van der Waals surface area contributed by atoms with Gasteiger partial charge in [-0.2, -0.15) is 4.98 Å². The Morgan fingerprint density at radius 1 is 1.03 bits per heavy atom. The van der Waals surface area contributed by atoms with Gasteiger partial charge in [-0.3, -0.25) is 4.90 Å². The number of hydrogen-bond acceptors (Lipinski definition) is 5. The van der Waals surface area contributed by atoms with E-state index in [1.54, 1.807) is 29.4 Å². The molecule has 0 amide bonds. The Labute approximate surface area is 167 Å². The van der Waals surface area contributed by atoms with Crippen LogP contribution in [0.4, 0.5) is 4.39 Å². The molecule has 146 valence electrons. The highest BCUT2D eigenvalue weighted by molar-refractivity contribution is 5.68. The topological polar surface area (TPSA) is 60.0 Å². The van der Waals surface area contributed by atoms with Gasteiger partial charge in [-0.05, 0) is 49.7 Å². The third-order valence-corrected chi connectivity index (χ3v) is 5.21. The summed E-state index contributed by atoms with van der Waals surface area (Å²) in [7, 11) is 0. The molecular formula is C22H20FN5O. The van der Waals surface area contributed by atoms with Crippen LogP contribution < -0.4 is 0 Å². The summed E-state index contributed by atoms with van der Waals surface area (Å²) >= 11 is 0. The molecule has 1 fully saturated rings. The van der Waals surface area contributed by atoms with Gasteiger partial charge >= 0.3 is 0 Å². The fourth-order valence-corrected chi connectivity index (χ4v) is 3.71. The summed E-state index contributed by atoms with van der Waals surface area (Å²) in [6.07, 6.45) is 7.66. The maximum absolute atomic E-state index is 13.9. The minimum absolute atomic E-state index is 0.268. The second-order valence-electron chi connectivity index (χ2n) is 7.23. The minimum Gasteiger partial charge on any atom is -0.334 e. The van der Waals surface area contributed by atoms with Gasteiger partial charge in [0.2, 0.25) is 5.82 Å². The highest BCUT2D eigenvalue weighted by atomic mass is 19.1. The lowest BCUT2D eigenvalue weighted by Crippen LogP contribution is -2.18. The molecule has 0 N–H and O–H groups in total. The molecule has 1 aliphatic heterocycles. The van der Waals surface area contributed by atoms with Crippen LogP contribution in [0.2, 0.25) is 0 Å². The van der Waals surface area contributed by atoms with E-state index >= 15 is 0 Å². The van der Waals surface area contributed by atoms with E-state index < -0.39 is 0 Å². The largest absolute Gasteiger partial charge is 0.334 e. The third-order valence-electron chi connectivity index (χ3n) is 5.21. The second-order valence-corrected chi connectivity index (χ2v) is 7.23. The van der Waals surface area contributed by atoms with Gasteiger partial charge in [0.05, 0.1) is 17.6 Å². The SMILES string of the molecule is Fc1ccc(-n2ccnc2)c(-c2nc(-c3ccc(CN4CCCC4)cc3)no2)c1. The Hall–Kier alpha value is -3.32. The van der Waals surface area contributed by atoms with Crippen molar-refractivity contribution in [2.75, 3.05) is 13.1 Å². The van der Waals surface area contributed by atoms with Gasteiger partial charge in [-0.15, -0.1) is 0 Å². The average Bonchev–Trinajstić information content (AvgIpc) is 3.51. The van der Waals surface area contributed by atoms with Crippen LogP contribution in [0.25, 0.3) is 28.5 Å². The van der Waals surface area contributed by atoms with Crippen LogP contribution >= 0.6 is 0 Å². The predicted molar refractivity (Wildman–Crippen MR) is 107 cm³/mol. The van der Waals surface area contributed by atoms with Gasteiger partial charge in [0.25, 0.3) is 5.89 Å². The molecule has 29 heavy (non-hydrogen) atoms. The van der Waals surface area contributed by atoms with Crippen LogP contribution in [0, 0.1) is 5.82 Å². The summed E-state index contributed by atoms with van der Waals surface area (Å²) in [5.74, 6) is 0.382. The lowest BCUT2D eigenvalue weighted by molar-refractivity contribution is 0.331. The number of imidazole rings is 1. The molecule has 0 saturated carbocycles. The average molecular weight is 389 g/mol. The summed E-state index contributed by atoms with van der Waals surface area (Å²) < 4.78 is 21.1. The standard InChI is InChI=1S/C22H20FN5O/c23-18-7-8-20(28-12-9-24-15-28)19(13-18)22-25-21(26-29-22)17-5-3-16(4-6-17)14-27-10-1-2-11-27/h3-9,12-13,15H,1-2,10-11,14H2. The Morgan fingerprint density at radius 2 is 1.86 bits per heavy atom. The van der Waals surface area contributed by atoms with Crippen molar-refractivity contribution < 1.29 is 8.91 Å². The van der Waals surface area contributed by atoms with Crippen molar-refractivity contribution in [2.24, 2.45) is 0 Å². The van der Waals surface area contributed by atoms with Gasteiger partial charge in [0, 0.05) is 24.5 Å². The van der Waals surface area contributed by atoms with Gasteiger partial charge < -0.3 is 9.09 Å². The molecule has 0 unspecified atom stereocenters. The first-order valence-corrected chi connectivity index (χ1v) is 9.70. The van der Waals surface area contributed by atoms with Crippen molar-refractivity contribution in [3.63, 3.8) is 0 Å². The lowest BCUT2D eigenvalue weighted by atomic mass is 10.1. The molecule has 2 aromatic heterocycles. The molecule has 1 saturated heterocycles. The summed E-state index contributed by atoms with van der Waals surface area (Å²) in [5.41, 5.74) is 3.38. The van der Waals surface area contributed by atoms with E-state index in [1.807, 2.05) is 12.1 Å². The van der Waals surface area contributed by atoms with E-state index in [0.29, 0.717) is 11.4 Å². The van der Waals surface area contributed by atoms with Crippen molar-refractivity contribution in [1.82, 2.24) is 24.6 Å². The smallest absolute Gasteiger partial charge is 0.260 e. The Balaban J connectivity index is 1.42. The van der Waals surface area contributed by atoms with Crippen LogP contribution in [0.1, 0.15) is 18.4 Å². The molecule has 3 heterocycles. The number of hydrogen-bond donors (Lipinski definition) is 0. The normalized spacial score (nSPS) is 14.5. The fourth-order valence-electron chi connectivity index (χ4n) is 3.71. The van der Waals surface area contributed by atoms with Gasteiger partial charge in [-0.1, -0.05) is 29.4 Å². The van der Waals surface area contributed by atoms with Gasteiger partial charge in [-0.25, -0.2) is 9.37 Å². The molecule has 0 radical (unpaired) electrons. The van der Waals surface area contributed by atoms with Crippen LogP contribution in [0.5, 0.6) is 0 Å². The Bertz CT molecular complexity index is 1100. The summed E-state index contributed by atoms with van der Waals surface area (Å²) in [6, 6.07) is 12.7. The van der Waals surface area contributed by atoms with Crippen molar-refractivity contribution >= 4 is 0 Å².